The maximum atomic E-state index is 12.2. The molecule has 0 amide bonds. The molecular formula is C16H23NO3. The number of rotatable bonds is 7. The van der Waals surface area contributed by atoms with Crippen molar-refractivity contribution in [3.8, 4) is 0 Å². The Labute approximate surface area is 119 Å². The molecule has 0 saturated heterocycles. The Bertz CT molecular complexity index is 453. The predicted molar refractivity (Wildman–Crippen MR) is 76.9 cm³/mol. The molecule has 4 heteroatoms. The summed E-state index contributed by atoms with van der Waals surface area (Å²) in [5.74, 6) is 0.396. The Morgan fingerprint density at radius 2 is 1.95 bits per heavy atom. The van der Waals surface area contributed by atoms with E-state index < -0.39 is 5.41 Å². The second-order valence-corrected chi connectivity index (χ2v) is 5.77. The smallest absolute Gasteiger partial charge is 0.313 e. The summed E-state index contributed by atoms with van der Waals surface area (Å²) in [5, 5.41) is 9.07. The number of carbonyl (C=O) groups excluding carboxylic acids is 1. The third-order valence-electron chi connectivity index (χ3n) is 4.13. The molecule has 1 saturated carbocycles. The fourth-order valence-corrected chi connectivity index (χ4v) is 2.71. The minimum absolute atomic E-state index is 0.0292. The Balaban J connectivity index is 2.18. The first-order valence-corrected chi connectivity index (χ1v) is 7.10. The van der Waals surface area contributed by atoms with Crippen LogP contribution in [0.1, 0.15) is 30.4 Å². The van der Waals surface area contributed by atoms with Crippen molar-refractivity contribution in [2.45, 2.75) is 32.3 Å². The van der Waals surface area contributed by atoms with Crippen LogP contribution in [0.2, 0.25) is 0 Å². The minimum Gasteiger partial charge on any atom is -0.469 e. The molecule has 0 aliphatic heterocycles. The highest BCUT2D eigenvalue weighted by atomic mass is 16.5. The Hall–Kier alpha value is -1.39. The normalized spacial score (nSPS) is 17.6. The van der Waals surface area contributed by atoms with Crippen molar-refractivity contribution >= 4 is 5.97 Å². The van der Waals surface area contributed by atoms with Gasteiger partial charge in [-0.25, -0.2) is 0 Å². The van der Waals surface area contributed by atoms with E-state index in [1.165, 1.54) is 20.0 Å². The van der Waals surface area contributed by atoms with Crippen LogP contribution in [0.25, 0.3) is 0 Å². The largest absolute Gasteiger partial charge is 0.469 e. The molecule has 1 aliphatic carbocycles. The molecule has 1 aromatic rings. The average Bonchev–Trinajstić information content (AvgIpc) is 3.30. The van der Waals surface area contributed by atoms with Crippen LogP contribution in [0, 0.1) is 11.3 Å². The minimum atomic E-state index is -0.614. The van der Waals surface area contributed by atoms with Crippen LogP contribution in [0.3, 0.4) is 0 Å². The van der Waals surface area contributed by atoms with E-state index in [4.69, 9.17) is 15.6 Å². The number of carbonyl (C=O) groups is 1. The van der Waals surface area contributed by atoms with E-state index in [0.29, 0.717) is 18.9 Å². The number of ether oxygens (including phenoxy) is 1. The standard InChI is InChI=1S/C16H23NO3/c1-20-15(19)16(11-17,8-12-2-3-12)9-13-4-6-14(10-18)7-5-13/h4-7,12,18H,2-3,8-11,17H2,1H3. The molecular weight excluding hydrogens is 254 g/mol. The van der Waals surface area contributed by atoms with E-state index in [9.17, 15) is 4.79 Å². The second-order valence-electron chi connectivity index (χ2n) is 5.77. The van der Waals surface area contributed by atoms with E-state index in [0.717, 1.165) is 17.5 Å². The first kappa shape index (κ1) is 15.0. The molecule has 1 atom stereocenters. The number of hydrogen-bond acceptors (Lipinski definition) is 4. The fourth-order valence-electron chi connectivity index (χ4n) is 2.71. The van der Waals surface area contributed by atoms with Crippen molar-refractivity contribution in [2.75, 3.05) is 13.7 Å². The van der Waals surface area contributed by atoms with E-state index >= 15 is 0 Å². The zero-order chi connectivity index (χ0) is 14.6. The highest BCUT2D eigenvalue weighted by Gasteiger charge is 2.43. The lowest BCUT2D eigenvalue weighted by atomic mass is 9.77. The van der Waals surface area contributed by atoms with Crippen LogP contribution < -0.4 is 5.73 Å². The highest BCUT2D eigenvalue weighted by molar-refractivity contribution is 5.77. The van der Waals surface area contributed by atoms with Crippen LogP contribution in [0.5, 0.6) is 0 Å². The summed E-state index contributed by atoms with van der Waals surface area (Å²) in [7, 11) is 1.43. The van der Waals surface area contributed by atoms with Crippen LogP contribution in [0.15, 0.2) is 24.3 Å². The van der Waals surface area contributed by atoms with Gasteiger partial charge in [-0.3, -0.25) is 4.79 Å². The summed E-state index contributed by atoms with van der Waals surface area (Å²) in [5.41, 5.74) is 7.23. The van der Waals surface area contributed by atoms with Gasteiger partial charge in [0, 0.05) is 6.54 Å². The average molecular weight is 277 g/mol. The number of methoxy groups -OCH3 is 1. The summed E-state index contributed by atoms with van der Waals surface area (Å²) in [6.45, 7) is 0.333. The van der Waals surface area contributed by atoms with E-state index in [1.807, 2.05) is 24.3 Å². The van der Waals surface area contributed by atoms with E-state index in [1.54, 1.807) is 0 Å². The lowest BCUT2D eigenvalue weighted by Crippen LogP contribution is -2.42. The van der Waals surface area contributed by atoms with Crippen LogP contribution >= 0.6 is 0 Å². The third kappa shape index (κ3) is 3.38. The number of benzene rings is 1. The van der Waals surface area contributed by atoms with Crippen molar-refractivity contribution < 1.29 is 14.6 Å². The molecule has 0 aromatic heterocycles. The Morgan fingerprint density at radius 3 is 2.40 bits per heavy atom. The topological polar surface area (TPSA) is 72.5 Å². The van der Waals surface area contributed by atoms with Gasteiger partial charge in [-0.1, -0.05) is 37.1 Å². The number of hydrogen-bond donors (Lipinski definition) is 2. The summed E-state index contributed by atoms with van der Waals surface area (Å²) in [6.07, 6.45) is 3.76. The molecule has 110 valence electrons. The van der Waals surface area contributed by atoms with Gasteiger partial charge in [0.25, 0.3) is 0 Å². The molecule has 1 unspecified atom stereocenters. The van der Waals surface area contributed by atoms with Gasteiger partial charge in [-0.15, -0.1) is 0 Å². The van der Waals surface area contributed by atoms with Gasteiger partial charge in [-0.05, 0) is 29.9 Å². The highest BCUT2D eigenvalue weighted by Crippen LogP contribution is 2.42. The van der Waals surface area contributed by atoms with E-state index in [2.05, 4.69) is 0 Å². The van der Waals surface area contributed by atoms with Crippen LogP contribution in [0.4, 0.5) is 0 Å². The van der Waals surface area contributed by atoms with Gasteiger partial charge in [-0.2, -0.15) is 0 Å². The Morgan fingerprint density at radius 1 is 1.35 bits per heavy atom. The number of aliphatic hydroxyl groups excluding tert-OH is 1. The lowest BCUT2D eigenvalue weighted by Gasteiger charge is -2.30. The van der Waals surface area contributed by atoms with Gasteiger partial charge in [0.2, 0.25) is 0 Å². The molecule has 0 spiro atoms. The number of nitrogens with two attached hydrogens (primary N) is 1. The zero-order valence-corrected chi connectivity index (χ0v) is 12.0. The molecule has 3 N–H and O–H groups in total. The third-order valence-corrected chi connectivity index (χ3v) is 4.13. The van der Waals surface area contributed by atoms with Gasteiger partial charge in [0.15, 0.2) is 0 Å². The van der Waals surface area contributed by atoms with Gasteiger partial charge in [0.1, 0.15) is 0 Å². The predicted octanol–water partition coefficient (Wildman–Crippen LogP) is 1.64. The van der Waals surface area contributed by atoms with Gasteiger partial charge >= 0.3 is 5.97 Å². The summed E-state index contributed by atoms with van der Waals surface area (Å²) in [4.78, 5) is 12.2. The Kier molecular flexibility index (Phi) is 4.78. The van der Waals surface area contributed by atoms with E-state index in [-0.39, 0.29) is 12.6 Å². The molecule has 1 fully saturated rings. The molecule has 2 rings (SSSR count). The summed E-state index contributed by atoms with van der Waals surface area (Å²) >= 11 is 0. The first-order valence-electron chi connectivity index (χ1n) is 7.10. The van der Waals surface area contributed by atoms with Crippen molar-refractivity contribution in [3.05, 3.63) is 35.4 Å². The molecule has 1 aromatic carbocycles. The van der Waals surface area contributed by atoms with Crippen molar-refractivity contribution in [3.63, 3.8) is 0 Å². The first-order chi connectivity index (χ1) is 9.63. The monoisotopic (exact) mass is 277 g/mol. The fraction of sp³-hybridized carbons (Fsp3) is 0.562. The van der Waals surface area contributed by atoms with Gasteiger partial charge in [0.05, 0.1) is 19.1 Å². The molecule has 0 bridgehead atoms. The van der Waals surface area contributed by atoms with Crippen LogP contribution in [-0.4, -0.2) is 24.7 Å². The summed E-state index contributed by atoms with van der Waals surface area (Å²) in [6, 6.07) is 7.66. The van der Waals surface area contributed by atoms with Crippen molar-refractivity contribution in [1.82, 2.24) is 0 Å². The van der Waals surface area contributed by atoms with Gasteiger partial charge < -0.3 is 15.6 Å². The van der Waals surface area contributed by atoms with Crippen molar-refractivity contribution in [1.29, 1.82) is 0 Å². The second kappa shape index (κ2) is 6.37. The maximum absolute atomic E-state index is 12.2. The number of esters is 1. The van der Waals surface area contributed by atoms with Crippen LogP contribution in [-0.2, 0) is 22.6 Å². The quantitative estimate of drug-likeness (QED) is 0.743. The molecule has 4 nitrogen and oxygen atoms in total. The SMILES string of the molecule is COC(=O)C(CN)(Cc1ccc(CO)cc1)CC1CC1. The molecule has 20 heavy (non-hydrogen) atoms. The lowest BCUT2D eigenvalue weighted by molar-refractivity contribution is -0.153. The summed E-state index contributed by atoms with van der Waals surface area (Å²) < 4.78 is 4.99. The maximum Gasteiger partial charge on any atom is 0.313 e. The number of aliphatic hydroxyl groups is 1. The molecule has 0 radical (unpaired) electrons. The zero-order valence-electron chi connectivity index (χ0n) is 12.0. The molecule has 1 aliphatic rings. The van der Waals surface area contributed by atoms with Crippen molar-refractivity contribution in [2.24, 2.45) is 17.1 Å². The molecule has 0 heterocycles.